The second-order valence-corrected chi connectivity index (χ2v) is 12.4. The van der Waals surface area contributed by atoms with Crippen LogP contribution in [0.4, 0.5) is 5.69 Å². The number of carbonyl (C=O) groups excluding carboxylic acids is 3. The van der Waals surface area contributed by atoms with Gasteiger partial charge in [0.05, 0.1) is 20.3 Å². The van der Waals surface area contributed by atoms with Crippen LogP contribution >= 0.6 is 11.3 Å². The van der Waals surface area contributed by atoms with Crippen molar-refractivity contribution in [2.75, 3.05) is 32.2 Å². The van der Waals surface area contributed by atoms with E-state index in [0.717, 1.165) is 40.0 Å². The lowest BCUT2D eigenvalue weighted by Gasteiger charge is -2.18. The molecule has 0 unspecified atom stereocenters. The van der Waals surface area contributed by atoms with Crippen LogP contribution in [0.5, 0.6) is 5.75 Å². The smallest absolute Gasteiger partial charge is 0.357 e. The van der Waals surface area contributed by atoms with Crippen molar-refractivity contribution >= 4 is 34.8 Å². The van der Waals surface area contributed by atoms with Gasteiger partial charge in [-0.1, -0.05) is 12.1 Å². The largest absolute Gasteiger partial charge is 0.493 e. The van der Waals surface area contributed by atoms with Crippen LogP contribution in [0.3, 0.4) is 0 Å². The number of aliphatic hydroxyl groups is 1. The number of pyridine rings is 1. The summed E-state index contributed by atoms with van der Waals surface area (Å²) in [6.45, 7) is 3.02. The summed E-state index contributed by atoms with van der Waals surface area (Å²) in [5.74, 6) is -1.06. The number of aliphatic hydroxyl groups excluding tert-OH is 1. The summed E-state index contributed by atoms with van der Waals surface area (Å²) in [5, 5.41) is 17.5. The highest BCUT2D eigenvalue weighted by Gasteiger charge is 2.42. The van der Waals surface area contributed by atoms with E-state index >= 15 is 0 Å². The molecule has 232 valence electrons. The molecule has 45 heavy (non-hydrogen) atoms. The Morgan fingerprint density at radius 3 is 2.60 bits per heavy atom. The third-order valence-corrected chi connectivity index (χ3v) is 9.46. The van der Waals surface area contributed by atoms with Gasteiger partial charge in [0.2, 0.25) is 0 Å². The fourth-order valence-corrected chi connectivity index (χ4v) is 6.47. The summed E-state index contributed by atoms with van der Waals surface area (Å²) in [6.07, 6.45) is 2.38. The zero-order chi connectivity index (χ0) is 31.7. The highest BCUT2D eigenvalue weighted by molar-refractivity contribution is 7.13. The van der Waals surface area contributed by atoms with Crippen LogP contribution in [0.2, 0.25) is 0 Å². The zero-order valence-corrected chi connectivity index (χ0v) is 25.9. The van der Waals surface area contributed by atoms with E-state index in [-0.39, 0.29) is 23.4 Å². The van der Waals surface area contributed by atoms with E-state index < -0.39 is 17.8 Å². The molecule has 4 aromatic rings. The number of carbonyl (C=O) groups is 3. The molecule has 1 aliphatic heterocycles. The van der Waals surface area contributed by atoms with Crippen LogP contribution in [0.15, 0.2) is 53.9 Å². The molecule has 0 radical (unpaired) electrons. The highest BCUT2D eigenvalue weighted by atomic mass is 32.1. The van der Waals surface area contributed by atoms with E-state index in [1.54, 1.807) is 29.5 Å². The van der Waals surface area contributed by atoms with E-state index in [1.807, 2.05) is 30.5 Å². The number of methoxy groups -OCH3 is 1. The lowest BCUT2D eigenvalue weighted by molar-refractivity contribution is 0.0594. The van der Waals surface area contributed by atoms with Crippen LogP contribution in [0.1, 0.15) is 60.9 Å². The Hall–Kier alpha value is -4.58. The van der Waals surface area contributed by atoms with Gasteiger partial charge in [0, 0.05) is 57.7 Å². The second-order valence-electron chi connectivity index (χ2n) is 11.5. The summed E-state index contributed by atoms with van der Waals surface area (Å²) in [5.41, 5.74) is 10.8. The maximum absolute atomic E-state index is 14.1. The molecule has 11 heteroatoms. The van der Waals surface area contributed by atoms with E-state index in [0.29, 0.717) is 54.2 Å². The Bertz CT molecular complexity index is 1810. The van der Waals surface area contributed by atoms with E-state index in [9.17, 15) is 19.5 Å². The third-order valence-electron chi connectivity index (χ3n) is 8.47. The molecule has 1 saturated carbocycles. The first-order valence-electron chi connectivity index (χ1n) is 14.7. The van der Waals surface area contributed by atoms with Crippen molar-refractivity contribution in [3.63, 3.8) is 0 Å². The summed E-state index contributed by atoms with van der Waals surface area (Å²) in [4.78, 5) is 45.6. The number of anilines is 1. The Labute approximate surface area is 264 Å². The van der Waals surface area contributed by atoms with Gasteiger partial charge in [-0.3, -0.25) is 9.59 Å². The van der Waals surface area contributed by atoms with Gasteiger partial charge in [-0.2, -0.15) is 0 Å². The summed E-state index contributed by atoms with van der Waals surface area (Å²) < 4.78 is 11.2. The number of hydrogen-bond acceptors (Lipinski definition) is 9. The molecule has 10 nitrogen and oxygen atoms in total. The average Bonchev–Trinajstić information content (AvgIpc) is 3.75. The third kappa shape index (κ3) is 6.06. The van der Waals surface area contributed by atoms with Crippen molar-refractivity contribution in [1.82, 2.24) is 10.3 Å². The highest BCUT2D eigenvalue weighted by Crippen LogP contribution is 2.45. The molecule has 2 amide bonds. The minimum absolute atomic E-state index is 0.0120. The fraction of sp³-hybridized carbons (Fsp3) is 0.294. The lowest BCUT2D eigenvalue weighted by atomic mass is 9.93. The van der Waals surface area contributed by atoms with Gasteiger partial charge in [0.25, 0.3) is 11.8 Å². The predicted molar refractivity (Wildman–Crippen MR) is 172 cm³/mol. The number of fused-ring (bicyclic) bond motifs is 3. The molecule has 1 fully saturated rings. The van der Waals surface area contributed by atoms with E-state index in [1.165, 1.54) is 13.2 Å². The number of amides is 2. The standard InChI is InChI=1S/C34H34N4O6S/c1-19-13-20(16-35)3-5-26(19)38-31(40)24-14-25-28(44-11-7-21-8-12-45-30(21)25)15-23(24)22-4-6-27(37-29(22)33(42)43-2)32(41)36-17-34(18-39)9-10-34/h3-6,8,12-15,39H,7,9-11,16-18,35H2,1-2H3,(H,36,41)(H,38,40). The lowest BCUT2D eigenvalue weighted by Crippen LogP contribution is -2.32. The Morgan fingerprint density at radius 1 is 1.07 bits per heavy atom. The average molecular weight is 627 g/mol. The number of nitrogens with zero attached hydrogens (tertiary/aromatic N) is 1. The minimum Gasteiger partial charge on any atom is -0.493 e. The Morgan fingerprint density at radius 2 is 1.89 bits per heavy atom. The molecule has 6 rings (SSSR count). The number of nitrogens with one attached hydrogen (secondary N) is 2. The topological polar surface area (TPSA) is 153 Å². The van der Waals surface area contributed by atoms with Crippen molar-refractivity contribution < 1.29 is 29.0 Å². The van der Waals surface area contributed by atoms with Gasteiger partial charge < -0.3 is 30.9 Å². The molecule has 2 aliphatic rings. The number of benzene rings is 2. The van der Waals surface area contributed by atoms with E-state index in [4.69, 9.17) is 15.2 Å². The predicted octanol–water partition coefficient (Wildman–Crippen LogP) is 4.72. The molecule has 0 saturated heterocycles. The molecule has 0 bridgehead atoms. The molecule has 1 aliphatic carbocycles. The fourth-order valence-electron chi connectivity index (χ4n) is 5.49. The van der Waals surface area contributed by atoms with Gasteiger partial charge >= 0.3 is 5.97 Å². The maximum atomic E-state index is 14.1. The van der Waals surface area contributed by atoms with Crippen molar-refractivity contribution in [2.45, 2.75) is 32.7 Å². The van der Waals surface area contributed by atoms with Gasteiger partial charge in [-0.15, -0.1) is 11.3 Å². The number of aryl methyl sites for hydroxylation is 1. The quantitative estimate of drug-likeness (QED) is 0.195. The van der Waals surface area contributed by atoms with Gasteiger partial charge in [-0.05, 0) is 78.2 Å². The van der Waals surface area contributed by atoms with Crippen molar-refractivity contribution in [3.8, 4) is 27.3 Å². The SMILES string of the molecule is COC(=O)c1nc(C(=O)NCC2(CO)CC2)ccc1-c1cc2c(cc1C(=O)Nc1ccc(CN)cc1C)-c1sccc1CCO2. The van der Waals surface area contributed by atoms with Gasteiger partial charge in [0.1, 0.15) is 11.4 Å². The molecule has 2 aromatic carbocycles. The molecule has 3 heterocycles. The second kappa shape index (κ2) is 12.4. The van der Waals surface area contributed by atoms with E-state index in [2.05, 4.69) is 21.7 Å². The number of thiophene rings is 1. The summed E-state index contributed by atoms with van der Waals surface area (Å²) in [7, 11) is 1.23. The van der Waals surface area contributed by atoms with Crippen LogP contribution < -0.4 is 21.1 Å². The molecule has 0 spiro atoms. The molecular formula is C34H34N4O6S. The van der Waals surface area contributed by atoms with Crippen molar-refractivity contribution in [1.29, 1.82) is 0 Å². The minimum atomic E-state index is -0.760. The van der Waals surface area contributed by atoms with Crippen molar-refractivity contribution in [2.24, 2.45) is 11.1 Å². The van der Waals surface area contributed by atoms with Gasteiger partial charge in [0.15, 0.2) is 5.69 Å². The number of ether oxygens (including phenoxy) is 2. The number of aromatic nitrogens is 1. The molecule has 5 N–H and O–H groups in total. The van der Waals surface area contributed by atoms with Crippen LogP contribution in [-0.4, -0.2) is 54.7 Å². The number of esters is 1. The van der Waals surface area contributed by atoms with Gasteiger partial charge in [-0.25, -0.2) is 9.78 Å². The number of nitrogens with two attached hydrogens (primary N) is 1. The number of rotatable bonds is 9. The molecule has 0 atom stereocenters. The maximum Gasteiger partial charge on any atom is 0.357 e. The Kier molecular flexibility index (Phi) is 8.41. The number of hydrogen-bond donors (Lipinski definition) is 4. The zero-order valence-electron chi connectivity index (χ0n) is 25.1. The van der Waals surface area contributed by atoms with Crippen LogP contribution in [-0.2, 0) is 17.7 Å². The molecule has 2 aromatic heterocycles. The normalized spacial score (nSPS) is 14.3. The van der Waals surface area contributed by atoms with Crippen LogP contribution in [0, 0.1) is 12.3 Å². The molecular weight excluding hydrogens is 592 g/mol. The van der Waals surface area contributed by atoms with Crippen LogP contribution in [0.25, 0.3) is 21.6 Å². The first-order valence-corrected chi connectivity index (χ1v) is 15.6. The first kappa shape index (κ1) is 30.4. The monoisotopic (exact) mass is 626 g/mol. The summed E-state index contributed by atoms with van der Waals surface area (Å²) in [6, 6.07) is 14.3. The Balaban J connectivity index is 1.45. The summed E-state index contributed by atoms with van der Waals surface area (Å²) >= 11 is 1.57. The first-order chi connectivity index (χ1) is 21.8. The van der Waals surface area contributed by atoms with Crippen molar-refractivity contribution in [3.05, 3.63) is 87.6 Å².